The second kappa shape index (κ2) is 9.69. The van der Waals surface area contributed by atoms with Crippen LogP contribution >= 0.6 is 0 Å². The zero-order valence-corrected chi connectivity index (χ0v) is 16.0. The molecule has 0 radical (unpaired) electrons. The molecule has 1 atom stereocenters. The molecule has 2 heterocycles. The molecular weight excluding hydrogens is 354 g/mol. The third-order valence-corrected chi connectivity index (χ3v) is 4.61. The Morgan fingerprint density at radius 1 is 1.25 bits per heavy atom. The van der Waals surface area contributed by atoms with Crippen LogP contribution in [0.1, 0.15) is 31.0 Å². The first-order valence-electron chi connectivity index (χ1n) is 9.57. The number of nitrogens with one attached hydrogen (secondary N) is 1. The quantitative estimate of drug-likeness (QED) is 0.850. The number of carbonyl (C=O) groups is 2. The van der Waals surface area contributed by atoms with Crippen LogP contribution in [0.15, 0.2) is 48.7 Å². The van der Waals surface area contributed by atoms with E-state index in [-0.39, 0.29) is 17.9 Å². The van der Waals surface area contributed by atoms with Gasteiger partial charge < -0.3 is 15.0 Å². The average molecular weight is 379 g/mol. The molecule has 2 aromatic rings. The van der Waals surface area contributed by atoms with Crippen molar-refractivity contribution in [3.63, 3.8) is 0 Å². The van der Waals surface area contributed by atoms with Crippen molar-refractivity contribution >= 4 is 29.8 Å². The fourth-order valence-electron chi connectivity index (χ4n) is 3.19. The van der Waals surface area contributed by atoms with Crippen molar-refractivity contribution in [2.45, 2.75) is 19.8 Å². The van der Waals surface area contributed by atoms with Crippen LogP contribution in [0.25, 0.3) is 12.2 Å². The van der Waals surface area contributed by atoms with E-state index in [4.69, 9.17) is 4.74 Å². The van der Waals surface area contributed by atoms with Gasteiger partial charge in [0.15, 0.2) is 0 Å². The number of pyridine rings is 1. The largest absolute Gasteiger partial charge is 0.450 e. The highest BCUT2D eigenvalue weighted by Crippen LogP contribution is 2.20. The molecule has 28 heavy (non-hydrogen) atoms. The third kappa shape index (κ3) is 5.42. The minimum atomic E-state index is -0.346. The molecule has 1 aromatic heterocycles. The molecular formula is C22H25N3O3. The number of nitrogens with zero attached hydrogens (tertiary/aromatic N) is 2. The van der Waals surface area contributed by atoms with Gasteiger partial charge in [0.05, 0.1) is 18.2 Å². The summed E-state index contributed by atoms with van der Waals surface area (Å²) in [6.07, 6.45) is 6.85. The summed E-state index contributed by atoms with van der Waals surface area (Å²) < 4.78 is 5.05. The lowest BCUT2D eigenvalue weighted by atomic mass is 9.97. The summed E-state index contributed by atoms with van der Waals surface area (Å²) in [6.45, 7) is 3.15. The Bertz CT molecular complexity index is 836. The number of hydrogen-bond acceptors (Lipinski definition) is 4. The van der Waals surface area contributed by atoms with Crippen LogP contribution in [-0.4, -0.2) is 41.6 Å². The molecule has 0 spiro atoms. The van der Waals surface area contributed by atoms with Gasteiger partial charge in [-0.1, -0.05) is 24.3 Å². The van der Waals surface area contributed by atoms with E-state index in [0.717, 1.165) is 29.8 Å². The molecule has 0 saturated carbocycles. The summed E-state index contributed by atoms with van der Waals surface area (Å²) in [4.78, 5) is 30.5. The van der Waals surface area contributed by atoms with E-state index in [2.05, 4.69) is 10.3 Å². The van der Waals surface area contributed by atoms with Gasteiger partial charge in [-0.15, -0.1) is 0 Å². The van der Waals surface area contributed by atoms with Gasteiger partial charge in [0.2, 0.25) is 5.91 Å². The van der Waals surface area contributed by atoms with E-state index in [9.17, 15) is 9.59 Å². The number of carbonyl (C=O) groups excluding carboxylic acids is 2. The van der Waals surface area contributed by atoms with E-state index in [0.29, 0.717) is 19.7 Å². The van der Waals surface area contributed by atoms with Gasteiger partial charge in [-0.25, -0.2) is 4.79 Å². The Morgan fingerprint density at radius 3 is 2.93 bits per heavy atom. The first-order chi connectivity index (χ1) is 13.7. The molecule has 146 valence electrons. The molecule has 2 amide bonds. The molecule has 1 aromatic carbocycles. The number of ether oxygens (including phenoxy) is 1. The Morgan fingerprint density at radius 2 is 2.14 bits per heavy atom. The summed E-state index contributed by atoms with van der Waals surface area (Å²) in [6, 6.07) is 13.4. The van der Waals surface area contributed by atoms with Crippen molar-refractivity contribution in [1.82, 2.24) is 9.88 Å². The number of rotatable bonds is 5. The van der Waals surface area contributed by atoms with Crippen molar-refractivity contribution in [2.24, 2.45) is 5.92 Å². The zero-order chi connectivity index (χ0) is 19.8. The Hall–Kier alpha value is -3.15. The van der Waals surface area contributed by atoms with E-state index in [1.807, 2.05) is 54.6 Å². The second-order valence-electron chi connectivity index (χ2n) is 6.69. The second-order valence-corrected chi connectivity index (χ2v) is 6.69. The monoisotopic (exact) mass is 379 g/mol. The molecule has 6 heteroatoms. The van der Waals surface area contributed by atoms with E-state index in [1.165, 1.54) is 0 Å². The van der Waals surface area contributed by atoms with E-state index < -0.39 is 0 Å². The molecule has 1 aliphatic heterocycles. The van der Waals surface area contributed by atoms with E-state index >= 15 is 0 Å². The van der Waals surface area contributed by atoms with Crippen LogP contribution in [0.4, 0.5) is 10.5 Å². The number of piperidine rings is 1. The maximum atomic E-state index is 12.7. The lowest BCUT2D eigenvalue weighted by Gasteiger charge is -2.31. The number of amides is 2. The highest BCUT2D eigenvalue weighted by atomic mass is 16.6. The Balaban J connectivity index is 1.61. The average Bonchev–Trinajstić information content (AvgIpc) is 2.73. The molecule has 1 unspecified atom stereocenters. The van der Waals surface area contributed by atoms with Crippen LogP contribution in [0.5, 0.6) is 0 Å². The predicted octanol–water partition coefficient (Wildman–Crippen LogP) is 4.06. The van der Waals surface area contributed by atoms with Gasteiger partial charge in [0, 0.05) is 25.0 Å². The topological polar surface area (TPSA) is 71.5 Å². The van der Waals surface area contributed by atoms with Gasteiger partial charge in [-0.3, -0.25) is 9.78 Å². The van der Waals surface area contributed by atoms with Crippen LogP contribution < -0.4 is 5.32 Å². The predicted molar refractivity (Wildman–Crippen MR) is 110 cm³/mol. The van der Waals surface area contributed by atoms with Crippen LogP contribution in [0.2, 0.25) is 0 Å². The summed E-state index contributed by atoms with van der Waals surface area (Å²) in [5.74, 6) is -0.300. The number of anilines is 1. The molecule has 3 rings (SSSR count). The minimum Gasteiger partial charge on any atom is -0.450 e. The van der Waals surface area contributed by atoms with Crippen molar-refractivity contribution in [3.8, 4) is 0 Å². The number of likely N-dealkylation sites (tertiary alicyclic amines) is 1. The summed E-state index contributed by atoms with van der Waals surface area (Å²) in [5.41, 5.74) is 2.58. The Kier molecular flexibility index (Phi) is 6.78. The van der Waals surface area contributed by atoms with Gasteiger partial charge in [-0.2, -0.15) is 0 Å². The van der Waals surface area contributed by atoms with Crippen LogP contribution in [-0.2, 0) is 9.53 Å². The molecule has 1 N–H and O–H groups in total. The molecule has 6 nitrogen and oxygen atoms in total. The van der Waals surface area contributed by atoms with Gasteiger partial charge in [-0.05, 0) is 55.7 Å². The zero-order valence-electron chi connectivity index (χ0n) is 16.0. The fourth-order valence-corrected chi connectivity index (χ4v) is 3.19. The summed E-state index contributed by atoms with van der Waals surface area (Å²) >= 11 is 0. The van der Waals surface area contributed by atoms with Crippen LogP contribution in [0, 0.1) is 5.92 Å². The summed E-state index contributed by atoms with van der Waals surface area (Å²) in [7, 11) is 0. The number of hydrogen-bond donors (Lipinski definition) is 1. The maximum Gasteiger partial charge on any atom is 0.409 e. The lowest BCUT2D eigenvalue weighted by molar-refractivity contribution is -0.121. The van der Waals surface area contributed by atoms with Gasteiger partial charge in [0.25, 0.3) is 0 Å². The molecule has 0 aliphatic carbocycles. The normalized spacial score (nSPS) is 16.8. The molecule has 1 fully saturated rings. The third-order valence-electron chi connectivity index (χ3n) is 4.61. The van der Waals surface area contributed by atoms with Gasteiger partial charge in [0.1, 0.15) is 0 Å². The molecule has 0 bridgehead atoms. The first kappa shape index (κ1) is 19.6. The minimum absolute atomic E-state index is 0.0696. The fraction of sp³-hybridized carbons (Fsp3) is 0.318. The number of aromatic nitrogens is 1. The van der Waals surface area contributed by atoms with Crippen molar-refractivity contribution < 1.29 is 14.3 Å². The first-order valence-corrected chi connectivity index (χ1v) is 9.57. The smallest absolute Gasteiger partial charge is 0.409 e. The number of benzene rings is 1. The highest BCUT2D eigenvalue weighted by Gasteiger charge is 2.29. The highest BCUT2D eigenvalue weighted by molar-refractivity contribution is 5.93. The van der Waals surface area contributed by atoms with Crippen molar-refractivity contribution in [1.29, 1.82) is 0 Å². The van der Waals surface area contributed by atoms with Gasteiger partial charge >= 0.3 is 6.09 Å². The maximum absolute atomic E-state index is 12.7. The van der Waals surface area contributed by atoms with E-state index in [1.54, 1.807) is 18.0 Å². The standard InChI is InChI=1S/C22H25N3O3/c1-2-28-22(27)25-14-6-8-18(16-25)21(26)24-20-10-5-7-17(15-20)11-12-19-9-3-4-13-23-19/h3-5,7,9-13,15,18H,2,6,8,14,16H2,1H3,(H,24,26)/b12-11+. The van der Waals surface area contributed by atoms with Crippen molar-refractivity contribution in [3.05, 3.63) is 59.9 Å². The van der Waals surface area contributed by atoms with Crippen molar-refractivity contribution in [2.75, 3.05) is 25.0 Å². The SMILES string of the molecule is CCOC(=O)N1CCCC(C(=O)Nc2cccc(/C=C/c3ccccn3)c2)C1. The summed E-state index contributed by atoms with van der Waals surface area (Å²) in [5, 5.41) is 2.97. The lowest BCUT2D eigenvalue weighted by Crippen LogP contribution is -2.44. The molecule has 1 aliphatic rings. The molecule has 1 saturated heterocycles. The van der Waals surface area contributed by atoms with Crippen LogP contribution in [0.3, 0.4) is 0 Å². The Labute approximate surface area is 165 Å².